The van der Waals surface area contributed by atoms with Gasteiger partial charge in [-0.1, -0.05) is 6.92 Å². The zero-order chi connectivity index (χ0) is 12.0. The summed E-state index contributed by atoms with van der Waals surface area (Å²) in [6.07, 6.45) is 0.875. The second-order valence-corrected chi connectivity index (χ2v) is 4.09. The van der Waals surface area contributed by atoms with Crippen molar-refractivity contribution in [1.82, 2.24) is 10.6 Å². The third kappa shape index (κ3) is 5.37. The van der Waals surface area contributed by atoms with E-state index in [1.807, 2.05) is 0 Å². The number of carbonyl (C=O) groups excluding carboxylic acids is 2. The van der Waals surface area contributed by atoms with E-state index in [9.17, 15) is 9.59 Å². The van der Waals surface area contributed by atoms with Crippen molar-refractivity contribution < 1.29 is 14.3 Å². The molecule has 17 heavy (non-hydrogen) atoms. The lowest BCUT2D eigenvalue weighted by Crippen LogP contribution is -2.37. The molecule has 1 aliphatic heterocycles. The first-order chi connectivity index (χ1) is 7.65. The number of nitrogens with one attached hydrogen (secondary N) is 2. The van der Waals surface area contributed by atoms with Crippen LogP contribution in [0.2, 0.25) is 0 Å². The van der Waals surface area contributed by atoms with Crippen LogP contribution >= 0.6 is 12.4 Å². The topological polar surface area (TPSA) is 67.4 Å². The van der Waals surface area contributed by atoms with Gasteiger partial charge in [0.05, 0.1) is 18.4 Å². The smallest absolute Gasteiger partial charge is 0.310 e. The van der Waals surface area contributed by atoms with Gasteiger partial charge < -0.3 is 15.4 Å². The molecule has 2 atom stereocenters. The fourth-order valence-electron chi connectivity index (χ4n) is 1.64. The molecule has 0 aliphatic carbocycles. The van der Waals surface area contributed by atoms with Gasteiger partial charge >= 0.3 is 5.97 Å². The minimum atomic E-state index is -0.279. The van der Waals surface area contributed by atoms with Crippen molar-refractivity contribution >= 4 is 24.3 Å². The molecular weight excluding hydrogens is 244 g/mol. The number of hydrogen-bond acceptors (Lipinski definition) is 4. The summed E-state index contributed by atoms with van der Waals surface area (Å²) in [6, 6.07) is 0. The van der Waals surface area contributed by atoms with Crippen LogP contribution in [0.5, 0.6) is 0 Å². The van der Waals surface area contributed by atoms with Gasteiger partial charge in [-0.05, 0) is 19.9 Å². The molecule has 100 valence electrons. The molecule has 2 unspecified atom stereocenters. The molecule has 1 saturated heterocycles. The highest BCUT2D eigenvalue weighted by molar-refractivity contribution is 5.85. The number of esters is 1. The van der Waals surface area contributed by atoms with Gasteiger partial charge in [0.2, 0.25) is 5.91 Å². The van der Waals surface area contributed by atoms with Gasteiger partial charge in [-0.2, -0.15) is 0 Å². The highest BCUT2D eigenvalue weighted by Gasteiger charge is 2.23. The molecular formula is C11H21ClN2O3. The average Bonchev–Trinajstić information content (AvgIpc) is 2.79. The third-order valence-electron chi connectivity index (χ3n) is 2.70. The van der Waals surface area contributed by atoms with E-state index in [1.54, 1.807) is 13.8 Å². The third-order valence-corrected chi connectivity index (χ3v) is 2.70. The van der Waals surface area contributed by atoms with E-state index in [-0.39, 0.29) is 36.1 Å². The summed E-state index contributed by atoms with van der Waals surface area (Å²) in [6.45, 7) is 5.89. The highest BCUT2D eigenvalue weighted by atomic mass is 35.5. The SMILES string of the molecule is CCOC(=O)C(C)CNC(=O)C1CCNC1.Cl. The quantitative estimate of drug-likeness (QED) is 0.703. The Kier molecular flexibility index (Phi) is 7.91. The number of halogens is 1. The standard InChI is InChI=1S/C11H20N2O3.ClH/c1-3-16-11(15)8(2)6-13-10(14)9-4-5-12-7-9;/h8-9,12H,3-7H2,1-2H3,(H,13,14);1H. The summed E-state index contributed by atoms with van der Waals surface area (Å²) in [4.78, 5) is 22.9. The Balaban J connectivity index is 0.00000256. The Bertz CT molecular complexity index is 255. The molecule has 0 aromatic carbocycles. The fraction of sp³-hybridized carbons (Fsp3) is 0.818. The van der Waals surface area contributed by atoms with Crippen molar-refractivity contribution in [3.63, 3.8) is 0 Å². The Morgan fingerprint density at radius 2 is 2.24 bits per heavy atom. The van der Waals surface area contributed by atoms with Gasteiger partial charge in [-0.15, -0.1) is 12.4 Å². The van der Waals surface area contributed by atoms with E-state index >= 15 is 0 Å². The predicted octanol–water partition coefficient (Wildman–Crippen LogP) is 0.333. The van der Waals surface area contributed by atoms with Crippen LogP contribution in [-0.2, 0) is 14.3 Å². The molecule has 1 aliphatic rings. The number of amides is 1. The van der Waals surface area contributed by atoms with Crippen LogP contribution < -0.4 is 10.6 Å². The Hall–Kier alpha value is -0.810. The fourth-order valence-corrected chi connectivity index (χ4v) is 1.64. The summed E-state index contributed by atoms with van der Waals surface area (Å²) >= 11 is 0. The van der Waals surface area contributed by atoms with Crippen LogP contribution in [0.3, 0.4) is 0 Å². The molecule has 2 N–H and O–H groups in total. The highest BCUT2D eigenvalue weighted by Crippen LogP contribution is 2.07. The summed E-state index contributed by atoms with van der Waals surface area (Å²) in [5, 5.41) is 5.92. The average molecular weight is 265 g/mol. The van der Waals surface area contributed by atoms with Gasteiger partial charge in [0, 0.05) is 13.1 Å². The second kappa shape index (κ2) is 8.31. The monoisotopic (exact) mass is 264 g/mol. The maximum absolute atomic E-state index is 11.6. The second-order valence-electron chi connectivity index (χ2n) is 4.09. The molecule has 1 heterocycles. The molecule has 0 bridgehead atoms. The molecule has 0 radical (unpaired) electrons. The zero-order valence-corrected chi connectivity index (χ0v) is 11.1. The first-order valence-corrected chi connectivity index (χ1v) is 5.80. The van der Waals surface area contributed by atoms with Crippen LogP contribution in [-0.4, -0.2) is 38.1 Å². The van der Waals surface area contributed by atoms with Crippen LogP contribution in [0.25, 0.3) is 0 Å². The zero-order valence-electron chi connectivity index (χ0n) is 10.3. The maximum atomic E-state index is 11.6. The first-order valence-electron chi connectivity index (χ1n) is 5.80. The number of rotatable bonds is 5. The summed E-state index contributed by atoms with van der Waals surface area (Å²) in [5.74, 6) is -0.457. The lowest BCUT2D eigenvalue weighted by Gasteiger charge is -2.13. The summed E-state index contributed by atoms with van der Waals surface area (Å²) in [7, 11) is 0. The summed E-state index contributed by atoms with van der Waals surface area (Å²) in [5.41, 5.74) is 0. The minimum Gasteiger partial charge on any atom is -0.466 e. The Morgan fingerprint density at radius 3 is 2.76 bits per heavy atom. The Labute approximate surface area is 108 Å². The lowest BCUT2D eigenvalue weighted by atomic mass is 10.1. The molecule has 1 fully saturated rings. The van der Waals surface area contributed by atoms with Crippen molar-refractivity contribution in [2.45, 2.75) is 20.3 Å². The van der Waals surface area contributed by atoms with Crippen molar-refractivity contribution in [2.24, 2.45) is 11.8 Å². The summed E-state index contributed by atoms with van der Waals surface area (Å²) < 4.78 is 4.86. The van der Waals surface area contributed by atoms with Gasteiger partial charge in [-0.3, -0.25) is 9.59 Å². The van der Waals surface area contributed by atoms with Gasteiger partial charge in [0.1, 0.15) is 0 Å². The van der Waals surface area contributed by atoms with Crippen LogP contribution in [0.1, 0.15) is 20.3 Å². The number of ether oxygens (including phenoxy) is 1. The molecule has 0 aromatic rings. The predicted molar refractivity (Wildman–Crippen MR) is 67.0 cm³/mol. The van der Waals surface area contributed by atoms with Crippen LogP contribution in [0, 0.1) is 11.8 Å². The van der Waals surface area contributed by atoms with Crippen molar-refractivity contribution in [3.05, 3.63) is 0 Å². The molecule has 1 rings (SSSR count). The minimum absolute atomic E-state index is 0. The molecule has 1 amide bonds. The van der Waals surface area contributed by atoms with Gasteiger partial charge in [0.15, 0.2) is 0 Å². The molecule has 0 saturated carbocycles. The van der Waals surface area contributed by atoms with E-state index in [1.165, 1.54) is 0 Å². The van der Waals surface area contributed by atoms with Crippen molar-refractivity contribution in [3.8, 4) is 0 Å². The molecule has 6 heteroatoms. The molecule has 0 spiro atoms. The molecule has 0 aromatic heterocycles. The molecule has 5 nitrogen and oxygen atoms in total. The van der Waals surface area contributed by atoms with E-state index in [2.05, 4.69) is 10.6 Å². The normalized spacial score (nSPS) is 20.2. The largest absolute Gasteiger partial charge is 0.466 e. The van der Waals surface area contributed by atoms with E-state index in [4.69, 9.17) is 4.74 Å². The number of hydrogen-bond donors (Lipinski definition) is 2. The van der Waals surface area contributed by atoms with E-state index in [0.717, 1.165) is 19.5 Å². The van der Waals surface area contributed by atoms with Crippen molar-refractivity contribution in [2.75, 3.05) is 26.2 Å². The van der Waals surface area contributed by atoms with Crippen molar-refractivity contribution in [1.29, 1.82) is 0 Å². The maximum Gasteiger partial charge on any atom is 0.310 e. The van der Waals surface area contributed by atoms with Gasteiger partial charge in [0.25, 0.3) is 0 Å². The van der Waals surface area contributed by atoms with Crippen LogP contribution in [0.15, 0.2) is 0 Å². The van der Waals surface area contributed by atoms with Gasteiger partial charge in [-0.25, -0.2) is 0 Å². The first kappa shape index (κ1) is 16.2. The van der Waals surface area contributed by atoms with Crippen LogP contribution in [0.4, 0.5) is 0 Å². The Morgan fingerprint density at radius 1 is 1.53 bits per heavy atom. The van der Waals surface area contributed by atoms with E-state index in [0.29, 0.717) is 13.2 Å². The lowest BCUT2D eigenvalue weighted by molar-refractivity contribution is -0.147. The van der Waals surface area contributed by atoms with E-state index < -0.39 is 0 Å². The number of carbonyl (C=O) groups is 2.